The summed E-state index contributed by atoms with van der Waals surface area (Å²) in [4.78, 5) is 4.02. The van der Waals surface area contributed by atoms with Crippen LogP contribution in [0.25, 0.3) is 0 Å². The Morgan fingerprint density at radius 1 is 0.958 bits per heavy atom. The summed E-state index contributed by atoms with van der Waals surface area (Å²) in [5.74, 6) is 0. The van der Waals surface area contributed by atoms with Crippen molar-refractivity contribution in [3.63, 3.8) is 0 Å². The smallest absolute Gasteiger partial charge is 0.0400 e. The lowest BCUT2D eigenvalue weighted by Crippen LogP contribution is -2.13. The Balaban J connectivity index is 2.09. The molecule has 2 aromatic rings. The van der Waals surface area contributed by atoms with Crippen LogP contribution in [0.3, 0.4) is 0 Å². The molecule has 1 N–H and O–H groups in total. The monoisotopic (exact) mass is 318 g/mol. The van der Waals surface area contributed by atoms with E-state index in [2.05, 4.69) is 84.6 Å². The Morgan fingerprint density at radius 3 is 2.12 bits per heavy atom. The molecular formula is C22H26N2. The normalized spacial score (nSPS) is 12.5. The average Bonchev–Trinajstić information content (AvgIpc) is 2.64. The largest absolute Gasteiger partial charge is 0.381 e. The van der Waals surface area contributed by atoms with E-state index >= 15 is 0 Å². The molecule has 0 aromatic heterocycles. The molecule has 0 aliphatic rings. The third-order valence-corrected chi connectivity index (χ3v) is 4.02. The maximum atomic E-state index is 4.02. The average molecular weight is 318 g/mol. The first-order valence-electron chi connectivity index (χ1n) is 8.35. The number of hydrogen-bond donors (Lipinski definition) is 1. The lowest BCUT2D eigenvalue weighted by Gasteiger charge is -2.13. The van der Waals surface area contributed by atoms with Gasteiger partial charge in [0.1, 0.15) is 0 Å². The van der Waals surface area contributed by atoms with Crippen molar-refractivity contribution in [3.8, 4) is 0 Å². The first-order valence-corrected chi connectivity index (χ1v) is 8.35. The highest BCUT2D eigenvalue weighted by atomic mass is 14.9. The van der Waals surface area contributed by atoms with E-state index in [1.807, 2.05) is 13.0 Å². The molecule has 0 aliphatic carbocycles. The van der Waals surface area contributed by atoms with E-state index in [-0.39, 0.29) is 0 Å². The van der Waals surface area contributed by atoms with Crippen LogP contribution in [0.1, 0.15) is 31.4 Å². The summed E-state index contributed by atoms with van der Waals surface area (Å²) in [5.41, 5.74) is 6.02. The highest BCUT2D eigenvalue weighted by molar-refractivity contribution is 5.33. The van der Waals surface area contributed by atoms with E-state index in [9.17, 15) is 0 Å². The van der Waals surface area contributed by atoms with Crippen molar-refractivity contribution in [3.05, 3.63) is 94.8 Å². The predicted octanol–water partition coefficient (Wildman–Crippen LogP) is 5.29. The van der Waals surface area contributed by atoms with E-state index in [0.717, 1.165) is 30.8 Å². The summed E-state index contributed by atoms with van der Waals surface area (Å²) in [6.07, 6.45) is 4.13. The van der Waals surface area contributed by atoms with Gasteiger partial charge >= 0.3 is 0 Å². The summed E-state index contributed by atoms with van der Waals surface area (Å²) in [6.45, 7) is 8.58. The number of nitrogens with one attached hydrogen (secondary N) is 1. The van der Waals surface area contributed by atoms with Crippen LogP contribution in [0.5, 0.6) is 0 Å². The van der Waals surface area contributed by atoms with Crippen LogP contribution in [0.15, 0.2) is 88.7 Å². The summed E-state index contributed by atoms with van der Waals surface area (Å²) >= 11 is 0. The summed E-state index contributed by atoms with van der Waals surface area (Å²) in [6, 6.07) is 21.0. The number of hydrogen-bond acceptors (Lipinski definition) is 2. The molecule has 2 nitrogen and oxygen atoms in total. The Kier molecular flexibility index (Phi) is 7.03. The molecular weight excluding hydrogens is 292 g/mol. The van der Waals surface area contributed by atoms with Gasteiger partial charge in [-0.05, 0) is 56.2 Å². The zero-order valence-corrected chi connectivity index (χ0v) is 14.6. The molecule has 0 spiro atoms. The highest BCUT2D eigenvalue weighted by Crippen LogP contribution is 2.15. The van der Waals surface area contributed by atoms with Gasteiger partial charge in [-0.2, -0.15) is 0 Å². The molecule has 0 radical (unpaired) electrons. The van der Waals surface area contributed by atoms with Gasteiger partial charge in [0.25, 0.3) is 0 Å². The second-order valence-electron chi connectivity index (χ2n) is 5.96. The van der Waals surface area contributed by atoms with Gasteiger partial charge in [-0.25, -0.2) is 0 Å². The minimum atomic E-state index is 0.805. The Bertz CT molecular complexity index is 697. The van der Waals surface area contributed by atoms with Crippen molar-refractivity contribution in [2.45, 2.75) is 33.2 Å². The molecule has 0 saturated carbocycles. The molecule has 2 aromatic carbocycles. The molecule has 0 atom stereocenters. The van der Waals surface area contributed by atoms with E-state index < -0.39 is 0 Å². The van der Waals surface area contributed by atoms with Gasteiger partial charge in [0.15, 0.2) is 0 Å². The lowest BCUT2D eigenvalue weighted by molar-refractivity contribution is 0.797. The molecule has 0 amide bonds. The zero-order chi connectivity index (χ0) is 17.2. The zero-order valence-electron chi connectivity index (χ0n) is 14.6. The van der Waals surface area contributed by atoms with Crippen LogP contribution in [0.2, 0.25) is 0 Å². The molecule has 0 aliphatic heterocycles. The SMILES string of the molecule is C=N/C(C)=C\C(NCc1ccccc1)=C(\C)CCc1ccccc1. The fourth-order valence-corrected chi connectivity index (χ4v) is 2.48. The van der Waals surface area contributed by atoms with Crippen molar-refractivity contribution < 1.29 is 0 Å². The fourth-order valence-electron chi connectivity index (χ4n) is 2.48. The number of nitrogens with zero attached hydrogens (tertiary/aromatic N) is 1. The maximum absolute atomic E-state index is 4.02. The third kappa shape index (κ3) is 5.88. The molecule has 24 heavy (non-hydrogen) atoms. The summed E-state index contributed by atoms with van der Waals surface area (Å²) < 4.78 is 0. The molecule has 0 bridgehead atoms. The molecule has 0 saturated heterocycles. The first-order chi connectivity index (χ1) is 11.7. The minimum absolute atomic E-state index is 0.805. The summed E-state index contributed by atoms with van der Waals surface area (Å²) in [7, 11) is 0. The Hall–Kier alpha value is -2.61. The van der Waals surface area contributed by atoms with Crippen LogP contribution in [0.4, 0.5) is 0 Å². The second-order valence-corrected chi connectivity index (χ2v) is 5.96. The van der Waals surface area contributed by atoms with Gasteiger partial charge in [-0.1, -0.05) is 60.7 Å². The minimum Gasteiger partial charge on any atom is -0.381 e. The van der Waals surface area contributed by atoms with Gasteiger partial charge in [-0.15, -0.1) is 0 Å². The van der Waals surface area contributed by atoms with Gasteiger partial charge in [-0.3, -0.25) is 4.99 Å². The van der Waals surface area contributed by atoms with E-state index in [0.29, 0.717) is 0 Å². The van der Waals surface area contributed by atoms with Gasteiger partial charge in [0.2, 0.25) is 0 Å². The van der Waals surface area contributed by atoms with Gasteiger partial charge in [0.05, 0.1) is 0 Å². The van der Waals surface area contributed by atoms with Crippen molar-refractivity contribution in [1.82, 2.24) is 5.32 Å². The molecule has 0 fully saturated rings. The second kappa shape index (κ2) is 9.51. The molecule has 2 heteroatoms. The summed E-state index contributed by atoms with van der Waals surface area (Å²) in [5, 5.41) is 3.55. The van der Waals surface area contributed by atoms with Crippen LogP contribution >= 0.6 is 0 Å². The standard InChI is InChI=1S/C22H26N2/c1-18(14-15-20-10-6-4-7-11-20)22(16-19(2)23-3)24-17-21-12-8-5-9-13-21/h4-13,16,24H,3,14-15,17H2,1-2H3/b19-16-,22-18+. The fraction of sp³-hybridized carbons (Fsp3) is 0.227. The number of benzene rings is 2. The van der Waals surface area contributed by atoms with Crippen LogP contribution in [-0.4, -0.2) is 6.72 Å². The van der Waals surface area contributed by atoms with E-state index in [1.165, 1.54) is 16.7 Å². The van der Waals surface area contributed by atoms with E-state index in [4.69, 9.17) is 0 Å². The first kappa shape index (κ1) is 17.7. The lowest BCUT2D eigenvalue weighted by atomic mass is 10.0. The van der Waals surface area contributed by atoms with Crippen molar-refractivity contribution >= 4 is 6.72 Å². The van der Waals surface area contributed by atoms with Gasteiger partial charge < -0.3 is 5.32 Å². The van der Waals surface area contributed by atoms with Crippen molar-refractivity contribution in [2.24, 2.45) is 4.99 Å². The third-order valence-electron chi connectivity index (χ3n) is 4.02. The van der Waals surface area contributed by atoms with Crippen LogP contribution in [-0.2, 0) is 13.0 Å². The predicted molar refractivity (Wildman–Crippen MR) is 104 cm³/mol. The molecule has 124 valence electrons. The van der Waals surface area contributed by atoms with Crippen molar-refractivity contribution in [1.29, 1.82) is 0 Å². The van der Waals surface area contributed by atoms with Gasteiger partial charge in [0, 0.05) is 17.9 Å². The number of aliphatic imine (C=N–C) groups is 1. The Morgan fingerprint density at radius 2 is 1.54 bits per heavy atom. The quantitative estimate of drug-likeness (QED) is 0.519. The van der Waals surface area contributed by atoms with E-state index in [1.54, 1.807) is 0 Å². The molecule has 0 unspecified atom stereocenters. The molecule has 2 rings (SSSR count). The number of rotatable bonds is 8. The Labute approximate surface area is 145 Å². The van der Waals surface area contributed by atoms with Crippen LogP contribution in [0, 0.1) is 0 Å². The van der Waals surface area contributed by atoms with Crippen LogP contribution < -0.4 is 5.32 Å². The highest BCUT2D eigenvalue weighted by Gasteiger charge is 2.03. The van der Waals surface area contributed by atoms with Crippen molar-refractivity contribution in [2.75, 3.05) is 0 Å². The number of aryl methyl sites for hydroxylation is 1. The molecule has 0 heterocycles. The maximum Gasteiger partial charge on any atom is 0.0400 e. The number of allylic oxidation sites excluding steroid dienone is 3. The topological polar surface area (TPSA) is 24.4 Å².